The molecule has 0 radical (unpaired) electrons. The van der Waals surface area contributed by atoms with Crippen molar-refractivity contribution in [3.05, 3.63) is 77.7 Å². The van der Waals surface area contributed by atoms with Gasteiger partial charge in [-0.25, -0.2) is 0 Å². The Kier molecular flexibility index (Phi) is 4.67. The van der Waals surface area contributed by atoms with E-state index in [1.165, 1.54) is 0 Å². The summed E-state index contributed by atoms with van der Waals surface area (Å²) in [5.74, 6) is -0.628. The van der Waals surface area contributed by atoms with Crippen LogP contribution < -0.4 is 5.32 Å². The van der Waals surface area contributed by atoms with E-state index in [4.69, 9.17) is 0 Å². The molecule has 0 spiro atoms. The molecular weight excluding hydrogens is 358 g/mol. The minimum absolute atomic E-state index is 0.00266. The fourth-order valence-electron chi connectivity index (χ4n) is 3.05. The number of nitrogens with zero attached hydrogens (tertiary/aromatic N) is 4. The van der Waals surface area contributed by atoms with Gasteiger partial charge in [0.1, 0.15) is 0 Å². The van der Waals surface area contributed by atoms with Crippen molar-refractivity contribution in [2.75, 3.05) is 11.9 Å². The highest BCUT2D eigenvalue weighted by molar-refractivity contribution is 6.21. The van der Waals surface area contributed by atoms with E-state index in [1.54, 1.807) is 53.6 Å². The van der Waals surface area contributed by atoms with Gasteiger partial charge in [-0.3, -0.25) is 28.9 Å². The first kappa shape index (κ1) is 17.6. The van der Waals surface area contributed by atoms with Crippen LogP contribution >= 0.6 is 0 Å². The topological polar surface area (TPSA) is 97.2 Å². The maximum atomic E-state index is 12.3. The van der Waals surface area contributed by atoms with Crippen molar-refractivity contribution in [3.8, 4) is 0 Å². The van der Waals surface area contributed by atoms with Gasteiger partial charge in [-0.15, -0.1) is 0 Å². The summed E-state index contributed by atoms with van der Waals surface area (Å²) in [5.41, 5.74) is 1.80. The Hall–Kier alpha value is -3.81. The number of fused-ring (bicyclic) bond motifs is 1. The van der Waals surface area contributed by atoms with Crippen LogP contribution in [0.3, 0.4) is 0 Å². The maximum absolute atomic E-state index is 12.3. The summed E-state index contributed by atoms with van der Waals surface area (Å²) in [5, 5.41) is 6.99. The van der Waals surface area contributed by atoms with Crippen LogP contribution in [0.15, 0.2) is 61.1 Å². The average Bonchev–Trinajstić information content (AvgIpc) is 3.24. The monoisotopic (exact) mass is 375 g/mol. The lowest BCUT2D eigenvalue weighted by Gasteiger charge is -2.13. The van der Waals surface area contributed by atoms with Crippen LogP contribution in [0.5, 0.6) is 0 Å². The molecule has 3 amide bonds. The molecule has 0 saturated heterocycles. The minimum atomic E-state index is -0.366. The molecule has 0 unspecified atom stereocenters. The highest BCUT2D eigenvalue weighted by Crippen LogP contribution is 2.22. The van der Waals surface area contributed by atoms with E-state index in [9.17, 15) is 14.4 Å². The number of amides is 3. The van der Waals surface area contributed by atoms with E-state index in [1.807, 2.05) is 12.1 Å². The second kappa shape index (κ2) is 7.43. The van der Waals surface area contributed by atoms with Gasteiger partial charge in [0.15, 0.2) is 5.82 Å². The van der Waals surface area contributed by atoms with Crippen LogP contribution in [-0.2, 0) is 11.3 Å². The number of imide groups is 1. The average molecular weight is 375 g/mol. The Morgan fingerprint density at radius 2 is 1.64 bits per heavy atom. The zero-order chi connectivity index (χ0) is 19.5. The number of pyridine rings is 1. The standard InChI is InChI=1S/C20H17N5O3/c26-18(8-12-25-19(27)15-3-1-2-4-16(15)20(25)28)22-17-7-11-24(23-17)13-14-5-9-21-10-6-14/h1-7,9-11H,8,12-13H2,(H,22,23,26). The van der Waals surface area contributed by atoms with Crippen LogP contribution in [0.1, 0.15) is 32.7 Å². The van der Waals surface area contributed by atoms with Gasteiger partial charge in [0, 0.05) is 37.6 Å². The Morgan fingerprint density at radius 1 is 0.964 bits per heavy atom. The summed E-state index contributed by atoms with van der Waals surface area (Å²) in [6, 6.07) is 12.1. The molecule has 0 saturated carbocycles. The van der Waals surface area contributed by atoms with Crippen LogP contribution in [0.4, 0.5) is 5.82 Å². The van der Waals surface area contributed by atoms with Gasteiger partial charge in [-0.2, -0.15) is 5.10 Å². The molecule has 4 rings (SSSR count). The van der Waals surface area contributed by atoms with Crippen molar-refractivity contribution in [2.45, 2.75) is 13.0 Å². The van der Waals surface area contributed by atoms with E-state index in [0.717, 1.165) is 10.5 Å². The molecule has 3 aromatic rings. The first-order valence-corrected chi connectivity index (χ1v) is 8.79. The van der Waals surface area contributed by atoms with Crippen molar-refractivity contribution in [3.63, 3.8) is 0 Å². The Balaban J connectivity index is 1.32. The van der Waals surface area contributed by atoms with Gasteiger partial charge >= 0.3 is 0 Å². The fraction of sp³-hybridized carbons (Fsp3) is 0.150. The van der Waals surface area contributed by atoms with Gasteiger partial charge in [0.25, 0.3) is 11.8 Å². The SMILES string of the molecule is O=C(CCN1C(=O)c2ccccc2C1=O)Nc1ccn(Cc2ccncc2)n1. The predicted molar refractivity (Wildman–Crippen MR) is 101 cm³/mol. The highest BCUT2D eigenvalue weighted by atomic mass is 16.2. The summed E-state index contributed by atoms with van der Waals surface area (Å²) in [7, 11) is 0. The molecule has 140 valence electrons. The molecule has 0 atom stereocenters. The Bertz CT molecular complexity index is 1010. The van der Waals surface area contributed by atoms with Crippen molar-refractivity contribution in [1.29, 1.82) is 0 Å². The number of aromatic nitrogens is 3. The molecule has 28 heavy (non-hydrogen) atoms. The molecule has 0 bridgehead atoms. The first-order valence-electron chi connectivity index (χ1n) is 8.79. The number of rotatable bonds is 6. The van der Waals surface area contributed by atoms with E-state index < -0.39 is 0 Å². The number of hydrogen-bond donors (Lipinski definition) is 1. The van der Waals surface area contributed by atoms with Gasteiger partial charge in [-0.05, 0) is 29.8 Å². The molecule has 1 aromatic carbocycles. The molecule has 0 aliphatic carbocycles. The second-order valence-corrected chi connectivity index (χ2v) is 6.36. The molecule has 1 aliphatic heterocycles. The van der Waals surface area contributed by atoms with Crippen molar-refractivity contribution in [1.82, 2.24) is 19.7 Å². The third-order valence-corrected chi connectivity index (χ3v) is 4.44. The van der Waals surface area contributed by atoms with E-state index in [-0.39, 0.29) is 30.7 Å². The van der Waals surface area contributed by atoms with Crippen LogP contribution in [-0.4, -0.2) is 43.9 Å². The summed E-state index contributed by atoms with van der Waals surface area (Å²) in [4.78, 5) is 41.9. The lowest BCUT2D eigenvalue weighted by Crippen LogP contribution is -2.32. The number of anilines is 1. The molecular formula is C20H17N5O3. The third kappa shape index (κ3) is 3.52. The van der Waals surface area contributed by atoms with Crippen molar-refractivity contribution < 1.29 is 14.4 Å². The third-order valence-electron chi connectivity index (χ3n) is 4.44. The number of benzene rings is 1. The molecule has 2 aromatic heterocycles. The Morgan fingerprint density at radius 3 is 2.32 bits per heavy atom. The number of carbonyl (C=O) groups is 3. The van der Waals surface area contributed by atoms with Gasteiger partial charge in [0.2, 0.25) is 5.91 Å². The Labute approximate surface area is 160 Å². The van der Waals surface area contributed by atoms with Gasteiger partial charge in [-0.1, -0.05) is 12.1 Å². The quantitative estimate of drug-likeness (QED) is 0.664. The number of carbonyl (C=O) groups excluding carboxylic acids is 3. The lowest BCUT2D eigenvalue weighted by atomic mass is 10.1. The van der Waals surface area contributed by atoms with Gasteiger partial charge in [0.05, 0.1) is 17.7 Å². The normalized spacial score (nSPS) is 12.9. The molecule has 0 fully saturated rings. The predicted octanol–water partition coefficient (Wildman–Crippen LogP) is 1.95. The molecule has 8 heteroatoms. The zero-order valence-corrected chi connectivity index (χ0v) is 14.9. The van der Waals surface area contributed by atoms with Crippen LogP contribution in [0.25, 0.3) is 0 Å². The molecule has 1 aliphatic rings. The highest BCUT2D eigenvalue weighted by Gasteiger charge is 2.34. The summed E-state index contributed by atoms with van der Waals surface area (Å²) < 4.78 is 1.70. The van der Waals surface area contributed by atoms with Crippen molar-refractivity contribution in [2.24, 2.45) is 0 Å². The molecule has 1 N–H and O–H groups in total. The second-order valence-electron chi connectivity index (χ2n) is 6.36. The summed E-state index contributed by atoms with van der Waals surface area (Å²) >= 11 is 0. The van der Waals surface area contributed by atoms with E-state index in [0.29, 0.717) is 23.5 Å². The minimum Gasteiger partial charge on any atom is -0.309 e. The van der Waals surface area contributed by atoms with E-state index in [2.05, 4.69) is 15.4 Å². The van der Waals surface area contributed by atoms with Crippen LogP contribution in [0, 0.1) is 0 Å². The fourth-order valence-corrected chi connectivity index (χ4v) is 3.05. The number of nitrogens with one attached hydrogen (secondary N) is 1. The maximum Gasteiger partial charge on any atom is 0.261 e. The lowest BCUT2D eigenvalue weighted by molar-refractivity contribution is -0.116. The number of hydrogen-bond acceptors (Lipinski definition) is 5. The van der Waals surface area contributed by atoms with Crippen LogP contribution in [0.2, 0.25) is 0 Å². The first-order chi connectivity index (χ1) is 13.6. The van der Waals surface area contributed by atoms with E-state index >= 15 is 0 Å². The van der Waals surface area contributed by atoms with Gasteiger partial charge < -0.3 is 5.32 Å². The largest absolute Gasteiger partial charge is 0.309 e. The molecule has 8 nitrogen and oxygen atoms in total. The summed E-state index contributed by atoms with van der Waals surface area (Å²) in [6.45, 7) is 0.587. The van der Waals surface area contributed by atoms with Crippen molar-refractivity contribution >= 4 is 23.5 Å². The molecule has 3 heterocycles. The summed E-state index contributed by atoms with van der Waals surface area (Å²) in [6.07, 6.45) is 5.18. The smallest absolute Gasteiger partial charge is 0.261 e. The zero-order valence-electron chi connectivity index (χ0n) is 14.9.